The number of carbonyl (C=O) groups excluding carboxylic acids is 2. The number of ketones is 1. The molecule has 0 heterocycles. The molecule has 0 saturated carbocycles. The molecule has 0 radical (unpaired) electrons. The second-order valence-electron chi connectivity index (χ2n) is 4.20. The van der Waals surface area contributed by atoms with Crippen LogP contribution in [-0.2, 0) is 4.79 Å². The zero-order valence-electron chi connectivity index (χ0n) is 11.3. The summed E-state index contributed by atoms with van der Waals surface area (Å²) < 4.78 is 10.3. The summed E-state index contributed by atoms with van der Waals surface area (Å²) >= 11 is 5.25. The average Bonchev–Trinajstić information content (AvgIpc) is 2.52. The Morgan fingerprint density at radius 1 is 1.05 bits per heavy atom. The molecule has 0 aliphatic carbocycles. The third-order valence-electron chi connectivity index (χ3n) is 2.83. The van der Waals surface area contributed by atoms with E-state index in [2.05, 4.69) is 0 Å². The Morgan fingerprint density at radius 3 is 2.33 bits per heavy atom. The number of benzene rings is 2. The van der Waals surface area contributed by atoms with E-state index in [1.807, 2.05) is 0 Å². The van der Waals surface area contributed by atoms with Crippen molar-refractivity contribution in [1.82, 2.24) is 0 Å². The molecule has 0 atom stereocenters. The van der Waals surface area contributed by atoms with Crippen molar-refractivity contribution in [3.63, 3.8) is 0 Å². The SMILES string of the molecule is COc1ccc(C(=O)c2ccccc2OCC(=O)Cl)cc1. The van der Waals surface area contributed by atoms with Crippen molar-refractivity contribution in [2.24, 2.45) is 0 Å². The molecule has 0 amide bonds. The molecule has 0 unspecified atom stereocenters. The molecule has 108 valence electrons. The number of rotatable bonds is 6. The summed E-state index contributed by atoms with van der Waals surface area (Å²) in [5.74, 6) is 0.798. The fourth-order valence-corrected chi connectivity index (χ4v) is 1.87. The lowest BCUT2D eigenvalue weighted by atomic mass is 10.0. The molecule has 0 N–H and O–H groups in total. The number of hydrogen-bond donors (Lipinski definition) is 0. The molecule has 0 aromatic heterocycles. The van der Waals surface area contributed by atoms with Gasteiger partial charge in [0.05, 0.1) is 12.7 Å². The quantitative estimate of drug-likeness (QED) is 0.608. The molecule has 4 nitrogen and oxygen atoms in total. The standard InChI is InChI=1S/C16H13ClO4/c1-20-12-8-6-11(7-9-12)16(19)13-4-2-3-5-14(13)21-10-15(17)18/h2-9H,10H2,1H3. The van der Waals surface area contributed by atoms with Gasteiger partial charge in [-0.2, -0.15) is 0 Å². The molecule has 0 saturated heterocycles. The number of carbonyl (C=O) groups is 2. The highest BCUT2D eigenvalue weighted by atomic mass is 35.5. The lowest BCUT2D eigenvalue weighted by Crippen LogP contribution is -2.09. The van der Waals surface area contributed by atoms with Crippen LogP contribution < -0.4 is 9.47 Å². The molecule has 2 rings (SSSR count). The van der Waals surface area contributed by atoms with Gasteiger partial charge >= 0.3 is 0 Å². The first-order valence-corrected chi connectivity index (χ1v) is 6.58. The van der Waals surface area contributed by atoms with Crippen LogP contribution in [0.2, 0.25) is 0 Å². The number of para-hydroxylation sites is 1. The van der Waals surface area contributed by atoms with E-state index in [1.54, 1.807) is 55.6 Å². The second kappa shape index (κ2) is 6.90. The lowest BCUT2D eigenvalue weighted by Gasteiger charge is -2.09. The van der Waals surface area contributed by atoms with Crippen molar-refractivity contribution in [2.45, 2.75) is 0 Å². The molecule has 0 aliphatic heterocycles. The third-order valence-corrected chi connectivity index (χ3v) is 2.93. The summed E-state index contributed by atoms with van der Waals surface area (Å²) in [5, 5.41) is -0.623. The Hall–Kier alpha value is -2.33. The monoisotopic (exact) mass is 304 g/mol. The number of methoxy groups -OCH3 is 1. The molecule has 5 heteroatoms. The summed E-state index contributed by atoms with van der Waals surface area (Å²) in [6.07, 6.45) is 0. The first-order valence-electron chi connectivity index (χ1n) is 6.20. The Kier molecular flexibility index (Phi) is 4.95. The van der Waals surface area contributed by atoms with Crippen LogP contribution >= 0.6 is 11.6 Å². The molecule has 0 spiro atoms. The summed E-state index contributed by atoms with van der Waals surface area (Å²) in [6.45, 7) is -0.283. The molecule has 2 aromatic carbocycles. The second-order valence-corrected chi connectivity index (χ2v) is 4.62. The van der Waals surface area contributed by atoms with Gasteiger partial charge in [0, 0.05) is 5.56 Å². The highest BCUT2D eigenvalue weighted by Crippen LogP contribution is 2.22. The molecule has 21 heavy (non-hydrogen) atoms. The van der Waals surface area contributed by atoms with Gasteiger partial charge in [0.15, 0.2) is 12.4 Å². The summed E-state index contributed by atoms with van der Waals surface area (Å²) in [5.41, 5.74) is 0.879. The Balaban J connectivity index is 2.27. The third kappa shape index (κ3) is 3.83. The molecular weight excluding hydrogens is 292 g/mol. The van der Waals surface area contributed by atoms with Crippen LogP contribution in [0, 0.1) is 0 Å². The smallest absolute Gasteiger partial charge is 0.259 e. The van der Waals surface area contributed by atoms with Gasteiger partial charge in [0.1, 0.15) is 11.5 Å². The van der Waals surface area contributed by atoms with Gasteiger partial charge in [-0.05, 0) is 48.0 Å². The Bertz CT molecular complexity index is 650. The summed E-state index contributed by atoms with van der Waals surface area (Å²) in [4.78, 5) is 23.3. The fourth-order valence-electron chi connectivity index (χ4n) is 1.81. The topological polar surface area (TPSA) is 52.6 Å². The van der Waals surface area contributed by atoms with Gasteiger partial charge in [0.2, 0.25) is 0 Å². The van der Waals surface area contributed by atoms with Crippen LogP contribution in [0.25, 0.3) is 0 Å². The minimum atomic E-state index is -0.623. The van der Waals surface area contributed by atoms with Crippen molar-refractivity contribution < 1.29 is 19.1 Å². The molecule has 0 aliphatic rings. The van der Waals surface area contributed by atoms with E-state index in [-0.39, 0.29) is 12.4 Å². The predicted octanol–water partition coefficient (Wildman–Crippen LogP) is 3.07. The lowest BCUT2D eigenvalue weighted by molar-refractivity contribution is -0.113. The first-order chi connectivity index (χ1) is 10.1. The zero-order chi connectivity index (χ0) is 15.2. The highest BCUT2D eigenvalue weighted by molar-refractivity contribution is 6.63. The van der Waals surface area contributed by atoms with Gasteiger partial charge in [-0.25, -0.2) is 0 Å². The minimum Gasteiger partial charge on any atom is -0.497 e. The molecule has 2 aromatic rings. The Morgan fingerprint density at radius 2 is 1.71 bits per heavy atom. The van der Waals surface area contributed by atoms with Gasteiger partial charge in [-0.3, -0.25) is 9.59 Å². The number of halogens is 1. The molecular formula is C16H13ClO4. The zero-order valence-corrected chi connectivity index (χ0v) is 12.1. The minimum absolute atomic E-state index is 0.199. The van der Waals surface area contributed by atoms with E-state index < -0.39 is 5.24 Å². The van der Waals surface area contributed by atoms with E-state index in [9.17, 15) is 9.59 Å². The number of hydrogen-bond acceptors (Lipinski definition) is 4. The van der Waals surface area contributed by atoms with E-state index in [4.69, 9.17) is 21.1 Å². The van der Waals surface area contributed by atoms with Crippen LogP contribution in [0.3, 0.4) is 0 Å². The van der Waals surface area contributed by atoms with Crippen LogP contribution in [0.1, 0.15) is 15.9 Å². The van der Waals surface area contributed by atoms with Gasteiger partial charge in [0.25, 0.3) is 5.24 Å². The highest BCUT2D eigenvalue weighted by Gasteiger charge is 2.15. The van der Waals surface area contributed by atoms with Crippen molar-refractivity contribution in [3.8, 4) is 11.5 Å². The summed E-state index contributed by atoms with van der Waals surface area (Å²) in [7, 11) is 1.56. The maximum Gasteiger partial charge on any atom is 0.259 e. The van der Waals surface area contributed by atoms with Gasteiger partial charge < -0.3 is 9.47 Å². The van der Waals surface area contributed by atoms with Crippen molar-refractivity contribution in [1.29, 1.82) is 0 Å². The number of ether oxygens (including phenoxy) is 2. The largest absolute Gasteiger partial charge is 0.497 e. The Labute approximate surface area is 127 Å². The predicted molar refractivity (Wildman–Crippen MR) is 79.2 cm³/mol. The van der Waals surface area contributed by atoms with E-state index in [0.29, 0.717) is 22.6 Å². The van der Waals surface area contributed by atoms with Crippen LogP contribution in [-0.4, -0.2) is 24.7 Å². The van der Waals surface area contributed by atoms with E-state index in [1.165, 1.54) is 0 Å². The van der Waals surface area contributed by atoms with Crippen LogP contribution in [0.5, 0.6) is 11.5 Å². The first kappa shape index (κ1) is 15.1. The van der Waals surface area contributed by atoms with Gasteiger partial charge in [-0.1, -0.05) is 12.1 Å². The van der Waals surface area contributed by atoms with Crippen molar-refractivity contribution >= 4 is 22.6 Å². The normalized spacial score (nSPS) is 10.0. The maximum atomic E-state index is 12.5. The van der Waals surface area contributed by atoms with Crippen LogP contribution in [0.4, 0.5) is 0 Å². The van der Waals surface area contributed by atoms with Crippen molar-refractivity contribution in [2.75, 3.05) is 13.7 Å². The maximum absolute atomic E-state index is 12.5. The molecule has 0 fully saturated rings. The van der Waals surface area contributed by atoms with Gasteiger partial charge in [-0.15, -0.1) is 0 Å². The summed E-state index contributed by atoms with van der Waals surface area (Å²) in [6, 6.07) is 13.5. The average molecular weight is 305 g/mol. The fraction of sp³-hybridized carbons (Fsp3) is 0.125. The van der Waals surface area contributed by atoms with Crippen molar-refractivity contribution in [3.05, 3.63) is 59.7 Å². The van der Waals surface area contributed by atoms with E-state index >= 15 is 0 Å². The van der Waals surface area contributed by atoms with E-state index in [0.717, 1.165) is 0 Å². The molecule has 0 bridgehead atoms. The van der Waals surface area contributed by atoms with Crippen LogP contribution in [0.15, 0.2) is 48.5 Å².